The molecule has 0 aliphatic rings. The van der Waals surface area contributed by atoms with E-state index in [0.29, 0.717) is 21.9 Å². The number of benzene rings is 2. The second-order valence-corrected chi connectivity index (χ2v) is 7.08. The molecule has 3 aromatic rings. The van der Waals surface area contributed by atoms with E-state index in [1.165, 1.54) is 12.3 Å². The Morgan fingerprint density at radius 3 is 2.43 bits per heavy atom. The van der Waals surface area contributed by atoms with Crippen molar-refractivity contribution in [2.75, 3.05) is 0 Å². The summed E-state index contributed by atoms with van der Waals surface area (Å²) in [6.07, 6.45) is 3.01. The molecule has 0 fully saturated rings. The van der Waals surface area contributed by atoms with Crippen LogP contribution >= 0.6 is 27.5 Å². The van der Waals surface area contributed by atoms with Crippen molar-refractivity contribution in [2.24, 2.45) is 0 Å². The summed E-state index contributed by atoms with van der Waals surface area (Å²) in [4.78, 5) is 25.1. The lowest BCUT2D eigenvalue weighted by atomic mass is 10.1. The van der Waals surface area contributed by atoms with Gasteiger partial charge in [0.15, 0.2) is 0 Å². The number of carbonyl (C=O) groups is 2. The molecule has 0 atom stereocenters. The molecule has 1 heterocycles. The molecule has 0 saturated heterocycles. The molecule has 0 aliphatic carbocycles. The summed E-state index contributed by atoms with van der Waals surface area (Å²) in [5.41, 5.74) is 1.09. The van der Waals surface area contributed by atoms with Gasteiger partial charge in [-0.2, -0.15) is 0 Å². The number of furan rings is 1. The number of nitrogens with one attached hydrogen (secondary N) is 1. The first-order chi connectivity index (χ1) is 13.5. The third-order valence-corrected chi connectivity index (χ3v) is 4.46. The van der Waals surface area contributed by atoms with Gasteiger partial charge in [0.2, 0.25) is 0 Å². The normalized spacial score (nSPS) is 11.1. The zero-order chi connectivity index (χ0) is 19.9. The predicted octanol–water partition coefficient (Wildman–Crippen LogP) is 5.21. The van der Waals surface area contributed by atoms with Crippen LogP contribution in [0.2, 0.25) is 5.02 Å². The predicted molar refractivity (Wildman–Crippen MR) is 110 cm³/mol. The second-order valence-electron chi connectivity index (χ2n) is 5.73. The van der Waals surface area contributed by atoms with Gasteiger partial charge in [0.25, 0.3) is 5.91 Å². The third-order valence-electron chi connectivity index (χ3n) is 3.68. The summed E-state index contributed by atoms with van der Waals surface area (Å²) in [5, 5.41) is 3.18. The maximum absolute atomic E-state index is 12.6. The molecular formula is C21H15BrClNO4. The molecule has 5 nitrogen and oxygen atoms in total. The quantitative estimate of drug-likeness (QED) is 0.405. The van der Waals surface area contributed by atoms with E-state index >= 15 is 0 Å². The van der Waals surface area contributed by atoms with E-state index < -0.39 is 11.9 Å². The standard InChI is InChI=1S/C21H15BrClNO4/c22-16-7-5-15(6-8-16)20(25)24-19(12-14-3-9-17(23)10-4-14)21(26)28-13-18-2-1-11-27-18/h1-12H,13H2,(H,24,25). The third kappa shape index (κ3) is 5.58. The molecule has 0 spiro atoms. The van der Waals surface area contributed by atoms with Crippen LogP contribution in [0, 0.1) is 0 Å². The Hall–Kier alpha value is -2.83. The molecule has 7 heteroatoms. The van der Waals surface area contributed by atoms with E-state index in [1.54, 1.807) is 60.7 Å². The van der Waals surface area contributed by atoms with Crippen LogP contribution < -0.4 is 5.32 Å². The van der Waals surface area contributed by atoms with Crippen LogP contribution in [-0.2, 0) is 16.1 Å². The highest BCUT2D eigenvalue weighted by atomic mass is 79.9. The fraction of sp³-hybridized carbons (Fsp3) is 0.0476. The van der Waals surface area contributed by atoms with Gasteiger partial charge in [0.05, 0.1) is 6.26 Å². The van der Waals surface area contributed by atoms with E-state index in [0.717, 1.165) is 4.47 Å². The fourth-order valence-electron chi connectivity index (χ4n) is 2.28. The van der Waals surface area contributed by atoms with Gasteiger partial charge in [0, 0.05) is 15.1 Å². The molecule has 0 unspecified atom stereocenters. The smallest absolute Gasteiger partial charge is 0.355 e. The molecule has 2 aromatic carbocycles. The van der Waals surface area contributed by atoms with Crippen molar-refractivity contribution in [3.63, 3.8) is 0 Å². The molecule has 0 radical (unpaired) electrons. The largest absolute Gasteiger partial charge is 0.466 e. The Morgan fingerprint density at radius 2 is 1.79 bits per heavy atom. The number of halogens is 2. The molecule has 1 amide bonds. The van der Waals surface area contributed by atoms with Crippen LogP contribution in [0.3, 0.4) is 0 Å². The first kappa shape index (κ1) is 19.9. The number of esters is 1. The van der Waals surface area contributed by atoms with E-state index in [9.17, 15) is 9.59 Å². The van der Waals surface area contributed by atoms with Crippen molar-refractivity contribution in [3.05, 3.63) is 99.0 Å². The van der Waals surface area contributed by atoms with Crippen LogP contribution in [0.1, 0.15) is 21.7 Å². The van der Waals surface area contributed by atoms with Gasteiger partial charge in [-0.3, -0.25) is 4.79 Å². The maximum atomic E-state index is 12.6. The zero-order valence-corrected chi connectivity index (χ0v) is 16.9. The number of rotatable bonds is 6. The van der Waals surface area contributed by atoms with Crippen molar-refractivity contribution in [3.8, 4) is 0 Å². The Bertz CT molecular complexity index is 980. The van der Waals surface area contributed by atoms with Crippen LogP contribution in [0.5, 0.6) is 0 Å². The van der Waals surface area contributed by atoms with Crippen LogP contribution in [-0.4, -0.2) is 11.9 Å². The van der Waals surface area contributed by atoms with E-state index in [-0.39, 0.29) is 12.3 Å². The number of hydrogen-bond donors (Lipinski definition) is 1. The van der Waals surface area contributed by atoms with Gasteiger partial charge in [-0.15, -0.1) is 0 Å². The molecule has 0 bridgehead atoms. The van der Waals surface area contributed by atoms with Crippen molar-refractivity contribution in [2.45, 2.75) is 6.61 Å². The van der Waals surface area contributed by atoms with Crippen LogP contribution in [0.25, 0.3) is 6.08 Å². The van der Waals surface area contributed by atoms with Gasteiger partial charge in [-0.05, 0) is 60.2 Å². The first-order valence-electron chi connectivity index (χ1n) is 8.25. The molecule has 3 rings (SSSR count). The highest BCUT2D eigenvalue weighted by Gasteiger charge is 2.17. The summed E-state index contributed by atoms with van der Waals surface area (Å²) in [7, 11) is 0. The number of carbonyl (C=O) groups excluding carboxylic acids is 2. The Balaban J connectivity index is 1.80. The Labute approximate surface area is 175 Å². The number of ether oxygens (including phenoxy) is 1. The Morgan fingerprint density at radius 1 is 1.07 bits per heavy atom. The minimum absolute atomic E-state index is 0.00166. The monoisotopic (exact) mass is 459 g/mol. The molecule has 0 aliphatic heterocycles. The molecule has 1 aromatic heterocycles. The molecule has 1 N–H and O–H groups in total. The van der Waals surface area contributed by atoms with Crippen LogP contribution in [0.15, 0.2) is 81.5 Å². The second kappa shape index (κ2) is 9.39. The lowest BCUT2D eigenvalue weighted by Gasteiger charge is -2.10. The average molecular weight is 461 g/mol. The van der Waals surface area contributed by atoms with E-state index in [4.69, 9.17) is 20.8 Å². The highest BCUT2D eigenvalue weighted by Crippen LogP contribution is 2.15. The zero-order valence-electron chi connectivity index (χ0n) is 14.5. The molecule has 0 saturated carbocycles. The molecule has 28 heavy (non-hydrogen) atoms. The summed E-state index contributed by atoms with van der Waals surface area (Å²) in [5.74, 6) is -0.613. The van der Waals surface area contributed by atoms with Gasteiger partial charge in [-0.25, -0.2) is 4.79 Å². The average Bonchev–Trinajstić information content (AvgIpc) is 3.21. The van der Waals surface area contributed by atoms with Crippen molar-refractivity contribution in [1.29, 1.82) is 0 Å². The fourth-order valence-corrected chi connectivity index (χ4v) is 2.67. The lowest BCUT2D eigenvalue weighted by molar-refractivity contribution is -0.141. The molecular weight excluding hydrogens is 446 g/mol. The van der Waals surface area contributed by atoms with E-state index in [1.807, 2.05) is 0 Å². The van der Waals surface area contributed by atoms with Gasteiger partial charge >= 0.3 is 5.97 Å². The lowest BCUT2D eigenvalue weighted by Crippen LogP contribution is -2.28. The van der Waals surface area contributed by atoms with Gasteiger partial charge in [0.1, 0.15) is 18.1 Å². The van der Waals surface area contributed by atoms with E-state index in [2.05, 4.69) is 21.2 Å². The van der Waals surface area contributed by atoms with Gasteiger partial charge in [-0.1, -0.05) is 39.7 Å². The summed E-state index contributed by atoms with van der Waals surface area (Å²) >= 11 is 9.22. The summed E-state index contributed by atoms with van der Waals surface area (Å²) in [6.45, 7) is -0.0437. The first-order valence-corrected chi connectivity index (χ1v) is 9.42. The highest BCUT2D eigenvalue weighted by molar-refractivity contribution is 9.10. The van der Waals surface area contributed by atoms with Crippen molar-refractivity contribution in [1.82, 2.24) is 5.32 Å². The van der Waals surface area contributed by atoms with Crippen LogP contribution in [0.4, 0.5) is 0 Å². The number of amides is 1. The van der Waals surface area contributed by atoms with Gasteiger partial charge < -0.3 is 14.5 Å². The summed E-state index contributed by atoms with van der Waals surface area (Å²) < 4.78 is 11.3. The van der Waals surface area contributed by atoms with Crippen molar-refractivity contribution >= 4 is 45.5 Å². The van der Waals surface area contributed by atoms with Crippen molar-refractivity contribution < 1.29 is 18.7 Å². The maximum Gasteiger partial charge on any atom is 0.355 e. The number of hydrogen-bond acceptors (Lipinski definition) is 4. The summed E-state index contributed by atoms with van der Waals surface area (Å²) in [6, 6.07) is 17.0. The topological polar surface area (TPSA) is 68.5 Å². The SMILES string of the molecule is O=C(OCc1ccco1)C(=Cc1ccc(Cl)cc1)NC(=O)c1ccc(Br)cc1. The Kier molecular flexibility index (Phi) is 6.68. The molecule has 142 valence electrons. The minimum Gasteiger partial charge on any atom is -0.466 e. The minimum atomic E-state index is -0.684.